The molecular weight excluding hydrogens is 342 g/mol. The number of aromatic nitrogens is 1. The van der Waals surface area contributed by atoms with E-state index in [1.807, 2.05) is 31.2 Å². The molecule has 0 bridgehead atoms. The highest BCUT2D eigenvalue weighted by Gasteiger charge is 2.23. The second-order valence-corrected chi connectivity index (χ2v) is 7.52. The van der Waals surface area contributed by atoms with E-state index >= 15 is 0 Å². The van der Waals surface area contributed by atoms with Crippen molar-refractivity contribution in [3.8, 4) is 5.75 Å². The summed E-state index contributed by atoms with van der Waals surface area (Å²) in [5.74, 6) is 0.839. The Morgan fingerprint density at radius 2 is 2.00 bits per heavy atom. The maximum Gasteiger partial charge on any atom is 0.252 e. The molecule has 2 fully saturated rings. The second-order valence-electron chi connectivity index (χ2n) is 7.52. The zero-order valence-electron chi connectivity index (χ0n) is 16.1. The van der Waals surface area contributed by atoms with Crippen LogP contribution >= 0.6 is 0 Å². The van der Waals surface area contributed by atoms with Crippen LogP contribution in [-0.4, -0.2) is 66.8 Å². The third-order valence-electron chi connectivity index (χ3n) is 5.55. The molecule has 27 heavy (non-hydrogen) atoms. The third-order valence-corrected chi connectivity index (χ3v) is 5.55. The number of nitrogens with one attached hydrogen (secondary N) is 1. The highest BCUT2D eigenvalue weighted by atomic mass is 16.5. The van der Waals surface area contributed by atoms with E-state index in [0.717, 1.165) is 61.5 Å². The molecule has 1 aromatic carbocycles. The molecule has 1 aromatic heterocycles. The van der Waals surface area contributed by atoms with Crippen LogP contribution in [0.4, 0.5) is 0 Å². The summed E-state index contributed by atoms with van der Waals surface area (Å²) in [6.45, 7) is 9.33. The number of rotatable bonds is 6. The fraction of sp³-hybridized carbons (Fsp3) is 0.571. The van der Waals surface area contributed by atoms with E-state index in [1.165, 1.54) is 12.8 Å². The summed E-state index contributed by atoms with van der Waals surface area (Å²) in [7, 11) is 0. The standard InChI is InChI=1S/C21H29N3O3/c1-2-26-18-5-6-20-16(13-18)12-17(21(25)22-20)14-23-7-9-24(10-8-23)15-19-4-3-11-27-19/h5-6,12-13,19H,2-4,7-11,14-15H2,1H3,(H,22,25). The number of benzene rings is 1. The van der Waals surface area contributed by atoms with E-state index in [2.05, 4.69) is 14.8 Å². The average molecular weight is 371 g/mol. The zero-order chi connectivity index (χ0) is 18.6. The van der Waals surface area contributed by atoms with Gasteiger partial charge in [-0.1, -0.05) is 0 Å². The molecule has 146 valence electrons. The normalized spacial score (nSPS) is 21.7. The molecule has 2 aliphatic heterocycles. The largest absolute Gasteiger partial charge is 0.494 e. The van der Waals surface area contributed by atoms with Crippen LogP contribution in [-0.2, 0) is 11.3 Å². The van der Waals surface area contributed by atoms with Crippen molar-refractivity contribution < 1.29 is 9.47 Å². The lowest BCUT2D eigenvalue weighted by molar-refractivity contribution is 0.0489. The first-order valence-electron chi connectivity index (χ1n) is 10.1. The highest BCUT2D eigenvalue weighted by Crippen LogP contribution is 2.20. The molecule has 0 spiro atoms. The highest BCUT2D eigenvalue weighted by molar-refractivity contribution is 5.80. The topological polar surface area (TPSA) is 57.8 Å². The molecule has 6 heteroatoms. The van der Waals surface area contributed by atoms with Gasteiger partial charge >= 0.3 is 0 Å². The Bertz CT molecular complexity index is 821. The molecule has 0 saturated carbocycles. The van der Waals surface area contributed by atoms with Gasteiger partial charge in [-0.15, -0.1) is 0 Å². The number of ether oxygens (including phenoxy) is 2. The predicted octanol–water partition coefficient (Wildman–Crippen LogP) is 2.22. The first kappa shape index (κ1) is 18.5. The van der Waals surface area contributed by atoms with Crippen molar-refractivity contribution in [3.05, 3.63) is 40.2 Å². The summed E-state index contributed by atoms with van der Waals surface area (Å²) >= 11 is 0. The Morgan fingerprint density at radius 1 is 1.19 bits per heavy atom. The Balaban J connectivity index is 1.39. The summed E-state index contributed by atoms with van der Waals surface area (Å²) in [6.07, 6.45) is 2.80. The first-order valence-corrected chi connectivity index (χ1v) is 10.1. The van der Waals surface area contributed by atoms with Gasteiger partial charge in [0.15, 0.2) is 0 Å². The van der Waals surface area contributed by atoms with E-state index in [0.29, 0.717) is 19.3 Å². The third kappa shape index (κ3) is 4.51. The van der Waals surface area contributed by atoms with Crippen LogP contribution < -0.4 is 10.3 Å². The Labute approximate surface area is 160 Å². The number of H-pyrrole nitrogens is 1. The fourth-order valence-electron chi connectivity index (χ4n) is 4.05. The minimum atomic E-state index is 0.00782. The SMILES string of the molecule is CCOc1ccc2[nH]c(=O)c(CN3CCN(CC4CCCO4)CC3)cc2c1. The monoisotopic (exact) mass is 371 g/mol. The summed E-state index contributed by atoms with van der Waals surface area (Å²) < 4.78 is 11.3. The maximum atomic E-state index is 12.5. The average Bonchev–Trinajstić information content (AvgIpc) is 3.17. The van der Waals surface area contributed by atoms with E-state index in [9.17, 15) is 4.79 Å². The zero-order valence-corrected chi connectivity index (χ0v) is 16.1. The molecule has 1 N–H and O–H groups in total. The van der Waals surface area contributed by atoms with Crippen LogP contribution in [0, 0.1) is 0 Å². The van der Waals surface area contributed by atoms with Crippen LogP contribution in [0.5, 0.6) is 5.75 Å². The van der Waals surface area contributed by atoms with Crippen molar-refractivity contribution in [2.75, 3.05) is 45.9 Å². The molecule has 2 aliphatic rings. The van der Waals surface area contributed by atoms with Gasteiger partial charge < -0.3 is 14.5 Å². The smallest absolute Gasteiger partial charge is 0.252 e. The number of hydrogen-bond acceptors (Lipinski definition) is 5. The molecule has 2 saturated heterocycles. The lowest BCUT2D eigenvalue weighted by Crippen LogP contribution is -2.48. The van der Waals surface area contributed by atoms with Crippen LogP contribution in [0.2, 0.25) is 0 Å². The number of aromatic amines is 1. The van der Waals surface area contributed by atoms with E-state index in [-0.39, 0.29) is 5.56 Å². The van der Waals surface area contributed by atoms with Crippen molar-refractivity contribution in [3.63, 3.8) is 0 Å². The van der Waals surface area contributed by atoms with Crippen molar-refractivity contribution >= 4 is 10.9 Å². The van der Waals surface area contributed by atoms with E-state index in [1.54, 1.807) is 0 Å². The molecule has 0 aliphatic carbocycles. The van der Waals surface area contributed by atoms with Gasteiger partial charge in [0.2, 0.25) is 0 Å². The van der Waals surface area contributed by atoms with Gasteiger partial charge in [0.1, 0.15) is 5.75 Å². The molecule has 3 heterocycles. The first-order chi connectivity index (χ1) is 13.2. The van der Waals surface area contributed by atoms with E-state index in [4.69, 9.17) is 9.47 Å². The van der Waals surface area contributed by atoms with Gasteiger partial charge in [-0.25, -0.2) is 0 Å². The van der Waals surface area contributed by atoms with E-state index < -0.39 is 0 Å². The number of nitrogens with zero attached hydrogens (tertiary/aromatic N) is 2. The molecule has 1 atom stereocenters. The van der Waals surface area contributed by atoms with Crippen LogP contribution in [0.15, 0.2) is 29.1 Å². The van der Waals surface area contributed by atoms with Crippen molar-refractivity contribution in [2.24, 2.45) is 0 Å². The molecular formula is C21H29N3O3. The number of piperazine rings is 1. The van der Waals surface area contributed by atoms with Gasteiger partial charge in [0, 0.05) is 62.3 Å². The van der Waals surface area contributed by atoms with Gasteiger partial charge in [-0.2, -0.15) is 0 Å². The van der Waals surface area contributed by atoms with Crippen molar-refractivity contribution in [1.82, 2.24) is 14.8 Å². The van der Waals surface area contributed by atoms with Crippen molar-refractivity contribution in [1.29, 1.82) is 0 Å². The molecule has 4 rings (SSSR count). The minimum absolute atomic E-state index is 0.00782. The summed E-state index contributed by atoms with van der Waals surface area (Å²) in [5, 5.41) is 1.02. The quantitative estimate of drug-likeness (QED) is 0.844. The van der Waals surface area contributed by atoms with Crippen LogP contribution in [0.1, 0.15) is 25.3 Å². The molecule has 6 nitrogen and oxygen atoms in total. The summed E-state index contributed by atoms with van der Waals surface area (Å²) in [4.78, 5) is 20.3. The number of hydrogen-bond donors (Lipinski definition) is 1. The second kappa shape index (κ2) is 8.42. The lowest BCUT2D eigenvalue weighted by atomic mass is 10.1. The number of fused-ring (bicyclic) bond motifs is 1. The molecule has 1 unspecified atom stereocenters. The van der Waals surface area contributed by atoms with Gasteiger partial charge in [-0.05, 0) is 44.0 Å². The van der Waals surface area contributed by atoms with Gasteiger partial charge in [0.05, 0.1) is 12.7 Å². The minimum Gasteiger partial charge on any atom is -0.494 e. The van der Waals surface area contributed by atoms with Crippen molar-refractivity contribution in [2.45, 2.75) is 32.4 Å². The lowest BCUT2D eigenvalue weighted by Gasteiger charge is -2.35. The molecule has 2 aromatic rings. The Hall–Kier alpha value is -1.89. The Morgan fingerprint density at radius 3 is 2.74 bits per heavy atom. The molecule has 0 amide bonds. The maximum absolute atomic E-state index is 12.5. The number of pyridine rings is 1. The van der Waals surface area contributed by atoms with Gasteiger partial charge in [-0.3, -0.25) is 14.6 Å². The Kier molecular flexibility index (Phi) is 5.76. The summed E-state index contributed by atoms with van der Waals surface area (Å²) in [6, 6.07) is 7.82. The summed E-state index contributed by atoms with van der Waals surface area (Å²) in [5.41, 5.74) is 1.69. The predicted molar refractivity (Wildman–Crippen MR) is 106 cm³/mol. The molecule has 0 radical (unpaired) electrons. The fourth-order valence-corrected chi connectivity index (χ4v) is 4.05. The van der Waals surface area contributed by atoms with Crippen LogP contribution in [0.25, 0.3) is 10.9 Å². The van der Waals surface area contributed by atoms with Crippen LogP contribution in [0.3, 0.4) is 0 Å². The van der Waals surface area contributed by atoms with Gasteiger partial charge in [0.25, 0.3) is 5.56 Å².